The predicted molar refractivity (Wildman–Crippen MR) is 64.6 cm³/mol. The topological polar surface area (TPSA) is 12.9 Å². The molecule has 0 saturated carbocycles. The van der Waals surface area contributed by atoms with Crippen LogP contribution in [0.1, 0.15) is 12.6 Å². The zero-order valence-electron chi connectivity index (χ0n) is 7.83. The number of hydrogen-bond acceptors (Lipinski definition) is 2. The van der Waals surface area contributed by atoms with Crippen LogP contribution in [0.5, 0.6) is 0 Å². The van der Waals surface area contributed by atoms with Gasteiger partial charge >= 0.3 is 0 Å². The van der Waals surface area contributed by atoms with E-state index in [4.69, 9.17) is 0 Å². The van der Waals surface area contributed by atoms with Crippen molar-refractivity contribution >= 4 is 27.3 Å². The molecule has 0 amide bonds. The fourth-order valence-electron chi connectivity index (χ4n) is 1.38. The lowest BCUT2D eigenvalue weighted by Gasteiger charge is -1.98. The molecule has 0 aliphatic carbocycles. The molecule has 0 aliphatic rings. The molecule has 0 atom stereocenters. The lowest BCUT2D eigenvalue weighted by Crippen LogP contribution is -1.83. The van der Waals surface area contributed by atoms with Gasteiger partial charge in [0.25, 0.3) is 0 Å². The van der Waals surface area contributed by atoms with Gasteiger partial charge in [0.05, 0.1) is 10.6 Å². The van der Waals surface area contributed by atoms with Crippen LogP contribution in [0.4, 0.5) is 0 Å². The fraction of sp³-hybridized carbons (Fsp3) is 0.182. The van der Waals surface area contributed by atoms with Crippen molar-refractivity contribution in [2.75, 3.05) is 0 Å². The van der Waals surface area contributed by atoms with Gasteiger partial charge in [0.1, 0.15) is 0 Å². The maximum atomic E-state index is 4.44. The first-order valence-electron chi connectivity index (χ1n) is 4.52. The van der Waals surface area contributed by atoms with Crippen LogP contribution in [-0.2, 0) is 6.42 Å². The smallest absolute Gasteiger partial charge is 0.159 e. The maximum Gasteiger partial charge on any atom is 0.159 e. The molecule has 1 nitrogen and oxygen atoms in total. The monoisotopic (exact) mass is 267 g/mol. The molecule has 0 saturated heterocycles. The average molecular weight is 268 g/mol. The molecule has 0 radical (unpaired) electrons. The van der Waals surface area contributed by atoms with Gasteiger partial charge in [0.2, 0.25) is 0 Å². The van der Waals surface area contributed by atoms with Gasteiger partial charge in [-0.05, 0) is 27.9 Å². The van der Waals surface area contributed by atoms with Crippen molar-refractivity contribution in [3.8, 4) is 10.4 Å². The summed E-state index contributed by atoms with van der Waals surface area (Å²) >= 11 is 5.13. The zero-order valence-corrected chi connectivity index (χ0v) is 10.2. The first-order chi connectivity index (χ1) is 6.81. The number of rotatable bonds is 2. The summed E-state index contributed by atoms with van der Waals surface area (Å²) in [5.41, 5.74) is 2.43. The van der Waals surface area contributed by atoms with Crippen molar-refractivity contribution in [3.05, 3.63) is 39.9 Å². The van der Waals surface area contributed by atoms with Crippen molar-refractivity contribution in [1.82, 2.24) is 4.98 Å². The molecule has 3 heteroatoms. The largest absolute Gasteiger partial charge is 0.233 e. The van der Waals surface area contributed by atoms with Crippen LogP contribution in [0.3, 0.4) is 0 Å². The quantitative estimate of drug-likeness (QED) is 0.797. The standard InChI is InChI=1S/C11H10BrNS/c1-2-9-10(14-11(12)13-9)8-6-4-3-5-7-8/h3-7H,2H2,1H3. The minimum atomic E-state index is 0.966. The second-order valence-corrected chi connectivity index (χ2v) is 5.24. The van der Waals surface area contributed by atoms with Crippen LogP contribution in [0.2, 0.25) is 0 Å². The van der Waals surface area contributed by atoms with Crippen LogP contribution in [0.15, 0.2) is 34.2 Å². The Labute approximate surface area is 95.9 Å². The Balaban J connectivity index is 2.51. The molecule has 2 aromatic rings. The Morgan fingerprint density at radius 2 is 2.00 bits per heavy atom. The summed E-state index contributed by atoms with van der Waals surface area (Å²) in [5.74, 6) is 0. The second kappa shape index (κ2) is 4.24. The van der Waals surface area contributed by atoms with Gasteiger partial charge in [0, 0.05) is 0 Å². The molecule has 14 heavy (non-hydrogen) atoms. The Hall–Kier alpha value is -0.670. The van der Waals surface area contributed by atoms with Crippen LogP contribution in [-0.4, -0.2) is 4.98 Å². The third kappa shape index (κ3) is 1.88. The summed E-state index contributed by atoms with van der Waals surface area (Å²) in [6, 6.07) is 10.4. The van der Waals surface area contributed by atoms with Crippen LogP contribution in [0.25, 0.3) is 10.4 Å². The van der Waals surface area contributed by atoms with E-state index in [0.717, 1.165) is 10.3 Å². The molecule has 0 bridgehead atoms. The molecule has 0 aliphatic heterocycles. The van der Waals surface area contributed by atoms with E-state index in [1.54, 1.807) is 11.3 Å². The minimum absolute atomic E-state index is 0.966. The lowest BCUT2D eigenvalue weighted by atomic mass is 10.1. The van der Waals surface area contributed by atoms with Crippen LogP contribution < -0.4 is 0 Å². The highest BCUT2D eigenvalue weighted by Gasteiger charge is 2.09. The summed E-state index contributed by atoms with van der Waals surface area (Å²) in [6.45, 7) is 2.13. The highest BCUT2D eigenvalue weighted by atomic mass is 79.9. The molecule has 0 unspecified atom stereocenters. The summed E-state index contributed by atoms with van der Waals surface area (Å²) in [5, 5.41) is 0. The number of halogens is 1. The van der Waals surface area contributed by atoms with Gasteiger partial charge in [-0.15, -0.1) is 11.3 Å². The molecule has 1 aromatic heterocycles. The van der Waals surface area contributed by atoms with E-state index in [0.29, 0.717) is 0 Å². The van der Waals surface area contributed by atoms with Crippen LogP contribution >= 0.6 is 27.3 Å². The van der Waals surface area contributed by atoms with Gasteiger partial charge in [0.15, 0.2) is 3.92 Å². The van der Waals surface area contributed by atoms with E-state index in [1.807, 2.05) is 6.07 Å². The van der Waals surface area contributed by atoms with E-state index in [1.165, 1.54) is 16.1 Å². The summed E-state index contributed by atoms with van der Waals surface area (Å²) in [6.07, 6.45) is 0.978. The molecule has 2 rings (SSSR count). The van der Waals surface area contributed by atoms with Crippen molar-refractivity contribution in [1.29, 1.82) is 0 Å². The first-order valence-corrected chi connectivity index (χ1v) is 6.13. The van der Waals surface area contributed by atoms with Gasteiger partial charge in [-0.2, -0.15) is 0 Å². The van der Waals surface area contributed by atoms with Gasteiger partial charge in [-0.3, -0.25) is 0 Å². The number of benzene rings is 1. The highest BCUT2D eigenvalue weighted by molar-refractivity contribution is 9.11. The first kappa shape index (κ1) is 9.87. The summed E-state index contributed by atoms with van der Waals surface area (Å²) in [7, 11) is 0. The molecule has 72 valence electrons. The third-order valence-corrected chi connectivity index (χ3v) is 3.64. The molecule has 0 spiro atoms. The van der Waals surface area contributed by atoms with Crippen molar-refractivity contribution in [2.45, 2.75) is 13.3 Å². The van der Waals surface area contributed by atoms with Crippen LogP contribution in [0, 0.1) is 0 Å². The minimum Gasteiger partial charge on any atom is -0.233 e. The van der Waals surface area contributed by atoms with E-state index < -0.39 is 0 Å². The number of aromatic nitrogens is 1. The second-order valence-electron chi connectivity index (χ2n) is 2.96. The van der Waals surface area contributed by atoms with Gasteiger partial charge in [-0.25, -0.2) is 4.98 Å². The lowest BCUT2D eigenvalue weighted by molar-refractivity contribution is 1.06. The van der Waals surface area contributed by atoms with Crippen molar-refractivity contribution < 1.29 is 0 Å². The third-order valence-electron chi connectivity index (χ3n) is 2.04. The predicted octanol–water partition coefficient (Wildman–Crippen LogP) is 4.14. The van der Waals surface area contributed by atoms with E-state index in [9.17, 15) is 0 Å². The molecular formula is C11H10BrNS. The van der Waals surface area contributed by atoms with Crippen molar-refractivity contribution in [2.24, 2.45) is 0 Å². The molecule has 0 N–H and O–H groups in total. The molecule has 1 heterocycles. The Morgan fingerprint density at radius 1 is 1.29 bits per heavy atom. The van der Waals surface area contributed by atoms with Crippen molar-refractivity contribution in [3.63, 3.8) is 0 Å². The normalized spacial score (nSPS) is 10.4. The Kier molecular flexibility index (Phi) is 2.99. The SMILES string of the molecule is CCc1nc(Br)sc1-c1ccccc1. The van der Waals surface area contributed by atoms with Gasteiger partial charge < -0.3 is 0 Å². The van der Waals surface area contributed by atoms with E-state index >= 15 is 0 Å². The summed E-state index contributed by atoms with van der Waals surface area (Å²) in [4.78, 5) is 5.72. The zero-order chi connectivity index (χ0) is 9.97. The van der Waals surface area contributed by atoms with E-state index in [-0.39, 0.29) is 0 Å². The fourth-order valence-corrected chi connectivity index (χ4v) is 2.96. The highest BCUT2D eigenvalue weighted by Crippen LogP contribution is 2.32. The Morgan fingerprint density at radius 3 is 2.64 bits per heavy atom. The number of aryl methyl sites for hydroxylation is 1. The number of nitrogens with zero attached hydrogens (tertiary/aromatic N) is 1. The molecule has 1 aromatic carbocycles. The average Bonchev–Trinajstić information content (AvgIpc) is 2.61. The maximum absolute atomic E-state index is 4.44. The summed E-state index contributed by atoms with van der Waals surface area (Å²) < 4.78 is 0.966. The van der Waals surface area contributed by atoms with E-state index in [2.05, 4.69) is 52.1 Å². The molecule has 0 fully saturated rings. The van der Waals surface area contributed by atoms with Gasteiger partial charge in [-0.1, -0.05) is 37.3 Å². The molecular weight excluding hydrogens is 258 g/mol. The number of hydrogen-bond donors (Lipinski definition) is 0. The Bertz CT molecular complexity index is 422. The number of thiazole rings is 1.